The number of ether oxygens (including phenoxy) is 3. The smallest absolute Gasteiger partial charge is 0.222 e. The van der Waals surface area contributed by atoms with Gasteiger partial charge in [0.05, 0.1) is 19.8 Å². The molecule has 0 unspecified atom stereocenters. The van der Waals surface area contributed by atoms with Gasteiger partial charge in [-0.25, -0.2) is 0 Å². The number of rotatable bonds is 11. The summed E-state index contributed by atoms with van der Waals surface area (Å²) in [6.07, 6.45) is -1.05. The molecule has 3 atom stereocenters. The fraction of sp³-hybridized carbons (Fsp3) is 0.219. The highest BCUT2D eigenvalue weighted by molar-refractivity contribution is 5.87. The summed E-state index contributed by atoms with van der Waals surface area (Å²) in [5.41, 5.74) is 4.56. The van der Waals surface area contributed by atoms with E-state index < -0.39 is 18.2 Å². The van der Waals surface area contributed by atoms with Crippen LogP contribution in [0.25, 0.3) is 0 Å². The van der Waals surface area contributed by atoms with Gasteiger partial charge >= 0.3 is 0 Å². The molecule has 0 bridgehead atoms. The molecule has 0 amide bonds. The number of benzene rings is 4. The van der Waals surface area contributed by atoms with Crippen molar-refractivity contribution in [3.8, 4) is 0 Å². The first-order valence-electron chi connectivity index (χ1n) is 12.6. The first kappa shape index (κ1) is 24.9. The number of hydroxylamine groups is 1. The molecule has 4 aromatic rings. The van der Waals surface area contributed by atoms with Crippen molar-refractivity contribution in [2.24, 2.45) is 0 Å². The van der Waals surface area contributed by atoms with Gasteiger partial charge in [0.25, 0.3) is 0 Å². The lowest BCUT2D eigenvalue weighted by molar-refractivity contribution is -0.511. The zero-order valence-electron chi connectivity index (χ0n) is 20.7. The van der Waals surface area contributed by atoms with Crippen LogP contribution in [0, 0.1) is 5.21 Å². The lowest BCUT2D eigenvalue weighted by Crippen LogP contribution is -2.37. The van der Waals surface area contributed by atoms with E-state index in [0.29, 0.717) is 25.5 Å². The fourth-order valence-electron chi connectivity index (χ4n) is 4.66. The van der Waals surface area contributed by atoms with Crippen LogP contribution in [-0.2, 0) is 34.0 Å². The van der Waals surface area contributed by atoms with E-state index in [9.17, 15) is 5.21 Å². The van der Waals surface area contributed by atoms with Crippen molar-refractivity contribution in [1.82, 2.24) is 0 Å². The second-order valence-electron chi connectivity index (χ2n) is 9.13. The summed E-state index contributed by atoms with van der Waals surface area (Å²) in [5, 5.41) is 13.8. The van der Waals surface area contributed by atoms with Crippen molar-refractivity contribution >= 4 is 5.71 Å². The Labute approximate surface area is 218 Å². The quantitative estimate of drug-likeness (QED) is 0.188. The van der Waals surface area contributed by atoms with Crippen molar-refractivity contribution in [2.45, 2.75) is 38.1 Å². The van der Waals surface area contributed by atoms with Crippen LogP contribution in [0.2, 0.25) is 0 Å². The van der Waals surface area contributed by atoms with E-state index in [2.05, 4.69) is 0 Å². The summed E-state index contributed by atoms with van der Waals surface area (Å²) in [4.78, 5) is 0. The minimum atomic E-state index is -0.553. The molecular formula is C32H31NO4. The highest BCUT2D eigenvalue weighted by atomic mass is 16.6. The molecule has 1 heterocycles. The standard InChI is InChI=1S/C32H31NO4/c34-33-29(24-35-21-25-13-5-1-6-14-25)31(36-22-26-15-7-2-8-16-26)32(30(33)28-19-11-4-12-20-28)37-23-27-17-9-3-10-18-27/h1-20,30-32H,21-24H2/t30-,31-,32-/m1/s1. The molecule has 5 nitrogen and oxygen atoms in total. The molecule has 5 rings (SSSR count). The molecule has 1 aliphatic rings. The zero-order valence-corrected chi connectivity index (χ0v) is 20.7. The van der Waals surface area contributed by atoms with E-state index in [-0.39, 0.29) is 6.61 Å². The fourth-order valence-corrected chi connectivity index (χ4v) is 4.66. The predicted octanol–water partition coefficient (Wildman–Crippen LogP) is 6.08. The van der Waals surface area contributed by atoms with Gasteiger partial charge in [-0.05, 0) is 16.7 Å². The van der Waals surface area contributed by atoms with Gasteiger partial charge in [-0.2, -0.15) is 4.74 Å². The lowest BCUT2D eigenvalue weighted by atomic mass is 9.99. The third-order valence-corrected chi connectivity index (χ3v) is 6.53. The molecule has 0 fully saturated rings. The maximum Gasteiger partial charge on any atom is 0.222 e. The van der Waals surface area contributed by atoms with E-state index in [1.165, 1.54) is 0 Å². The third-order valence-electron chi connectivity index (χ3n) is 6.53. The van der Waals surface area contributed by atoms with Gasteiger partial charge in [0.1, 0.15) is 6.61 Å². The average molecular weight is 494 g/mol. The lowest BCUT2D eigenvalue weighted by Gasteiger charge is -2.23. The summed E-state index contributed by atoms with van der Waals surface area (Å²) in [6, 6.07) is 39.2. The molecule has 0 aliphatic carbocycles. The highest BCUT2D eigenvalue weighted by Gasteiger charge is 2.50. The number of nitrogens with zero attached hydrogens (tertiary/aromatic N) is 1. The van der Waals surface area contributed by atoms with Gasteiger partial charge in [-0.1, -0.05) is 121 Å². The van der Waals surface area contributed by atoms with Gasteiger partial charge in [-0.3, -0.25) is 0 Å². The minimum absolute atomic E-state index is 0.159. The Morgan fingerprint density at radius 1 is 0.541 bits per heavy atom. The predicted molar refractivity (Wildman–Crippen MR) is 144 cm³/mol. The molecule has 37 heavy (non-hydrogen) atoms. The monoisotopic (exact) mass is 493 g/mol. The molecule has 188 valence electrons. The molecule has 4 aromatic carbocycles. The zero-order chi connectivity index (χ0) is 25.3. The second kappa shape index (κ2) is 12.5. The summed E-state index contributed by atoms with van der Waals surface area (Å²) in [6.45, 7) is 1.32. The maximum absolute atomic E-state index is 13.8. The van der Waals surface area contributed by atoms with Crippen molar-refractivity contribution < 1.29 is 18.9 Å². The Hall–Kier alpha value is -3.77. The van der Waals surface area contributed by atoms with Crippen molar-refractivity contribution in [1.29, 1.82) is 0 Å². The van der Waals surface area contributed by atoms with Crippen molar-refractivity contribution in [3.05, 3.63) is 149 Å². The SMILES string of the molecule is [O-][N+]1=C(COCc2ccccc2)[C@@H](OCc2ccccc2)[C@H](OCc2ccccc2)[C@H]1c1ccccc1. The van der Waals surface area contributed by atoms with Crippen LogP contribution in [0.4, 0.5) is 0 Å². The van der Waals surface area contributed by atoms with Crippen LogP contribution in [0.15, 0.2) is 121 Å². The average Bonchev–Trinajstić information content (AvgIpc) is 3.23. The molecular weight excluding hydrogens is 462 g/mol. The minimum Gasteiger partial charge on any atom is -0.623 e. The van der Waals surface area contributed by atoms with E-state index >= 15 is 0 Å². The van der Waals surface area contributed by atoms with Crippen LogP contribution < -0.4 is 0 Å². The highest BCUT2D eigenvalue weighted by Crippen LogP contribution is 2.34. The molecule has 5 heteroatoms. The molecule has 0 radical (unpaired) electrons. The summed E-state index contributed by atoms with van der Waals surface area (Å²) in [5.74, 6) is 0. The second-order valence-corrected chi connectivity index (χ2v) is 9.13. The number of hydrogen-bond acceptors (Lipinski definition) is 4. The molecule has 0 aromatic heterocycles. The van der Waals surface area contributed by atoms with Crippen LogP contribution >= 0.6 is 0 Å². The van der Waals surface area contributed by atoms with Crippen LogP contribution in [0.3, 0.4) is 0 Å². The molecule has 0 saturated carbocycles. The summed E-state index contributed by atoms with van der Waals surface area (Å²) >= 11 is 0. The summed E-state index contributed by atoms with van der Waals surface area (Å²) < 4.78 is 20.0. The van der Waals surface area contributed by atoms with E-state index in [1.807, 2.05) is 121 Å². The number of hydrogen-bond donors (Lipinski definition) is 0. The van der Waals surface area contributed by atoms with Crippen molar-refractivity contribution in [3.63, 3.8) is 0 Å². The normalized spacial score (nSPS) is 19.3. The molecule has 0 saturated heterocycles. The Kier molecular flexibility index (Phi) is 8.39. The Bertz CT molecular complexity index is 1260. The topological polar surface area (TPSA) is 53.8 Å². The first-order valence-corrected chi connectivity index (χ1v) is 12.6. The van der Waals surface area contributed by atoms with Gasteiger partial charge in [0.2, 0.25) is 11.8 Å². The van der Waals surface area contributed by atoms with Gasteiger partial charge in [-0.15, -0.1) is 0 Å². The van der Waals surface area contributed by atoms with E-state index in [0.717, 1.165) is 27.0 Å². The van der Waals surface area contributed by atoms with E-state index in [4.69, 9.17) is 14.2 Å². The Balaban J connectivity index is 1.42. The van der Waals surface area contributed by atoms with Gasteiger partial charge in [0.15, 0.2) is 12.2 Å². The largest absolute Gasteiger partial charge is 0.623 e. The van der Waals surface area contributed by atoms with Gasteiger partial charge in [0, 0.05) is 5.56 Å². The Morgan fingerprint density at radius 3 is 1.54 bits per heavy atom. The van der Waals surface area contributed by atoms with Crippen LogP contribution in [0.1, 0.15) is 28.3 Å². The van der Waals surface area contributed by atoms with Crippen LogP contribution in [-0.4, -0.2) is 29.3 Å². The molecule has 0 N–H and O–H groups in total. The van der Waals surface area contributed by atoms with Gasteiger partial charge < -0.3 is 19.4 Å². The molecule has 1 aliphatic heterocycles. The van der Waals surface area contributed by atoms with Crippen LogP contribution in [0.5, 0.6) is 0 Å². The maximum atomic E-state index is 13.8. The van der Waals surface area contributed by atoms with Crippen molar-refractivity contribution in [2.75, 3.05) is 6.61 Å². The first-order chi connectivity index (χ1) is 18.3. The molecule has 0 spiro atoms. The Morgan fingerprint density at radius 2 is 1.00 bits per heavy atom. The van der Waals surface area contributed by atoms with E-state index in [1.54, 1.807) is 0 Å². The summed E-state index contributed by atoms with van der Waals surface area (Å²) in [7, 11) is 0. The third kappa shape index (κ3) is 6.33.